The number of ether oxygens (including phenoxy) is 1. The summed E-state index contributed by atoms with van der Waals surface area (Å²) < 4.78 is 14.0. The molecule has 0 unspecified atom stereocenters. The summed E-state index contributed by atoms with van der Waals surface area (Å²) in [5.41, 5.74) is 2.19. The van der Waals surface area contributed by atoms with Gasteiger partial charge >= 0.3 is 0 Å². The average molecular weight is 463 g/mol. The molecule has 5 aromatic rings. The fourth-order valence-corrected chi connectivity index (χ4v) is 6.06. The molecule has 3 aromatic carbocycles. The normalized spacial score (nSPS) is 22.6. The van der Waals surface area contributed by atoms with Crippen LogP contribution in [-0.4, -0.2) is 19.8 Å². The molecule has 7 nitrogen and oxygen atoms in total. The minimum absolute atomic E-state index is 0.0472. The van der Waals surface area contributed by atoms with E-state index in [1.165, 1.54) is 4.57 Å². The van der Waals surface area contributed by atoms with Crippen molar-refractivity contribution >= 4 is 21.9 Å². The summed E-state index contributed by atoms with van der Waals surface area (Å²) in [6, 6.07) is 20.8. The lowest BCUT2D eigenvalue weighted by Gasteiger charge is -2.24. The highest BCUT2D eigenvalue weighted by molar-refractivity contribution is 5.95. The van der Waals surface area contributed by atoms with Crippen molar-refractivity contribution in [1.29, 1.82) is 5.26 Å². The number of aromatic nitrogens is 2. The largest absolute Gasteiger partial charge is 0.494 e. The molecular weight excluding hydrogens is 442 g/mol. The Kier molecular flexibility index (Phi) is 3.82. The molecule has 0 spiro atoms. The molecule has 2 N–H and O–H groups in total. The smallest absolute Gasteiger partial charge is 0.205 e. The minimum Gasteiger partial charge on any atom is -0.494 e. The van der Waals surface area contributed by atoms with Crippen molar-refractivity contribution in [3.05, 3.63) is 83.2 Å². The van der Waals surface area contributed by atoms with Gasteiger partial charge in [-0.25, -0.2) is 4.98 Å². The van der Waals surface area contributed by atoms with Gasteiger partial charge in [-0.05, 0) is 44.0 Å². The SMILES string of the molecule is C[C@]12CC[C@](Cc3nc4ccccc4o3)(O1)c1c2c(O)n(-c2ccc(C#N)c3ccccc23)c1O. The Balaban J connectivity index is 1.43. The van der Waals surface area contributed by atoms with E-state index in [0.717, 1.165) is 16.3 Å². The van der Waals surface area contributed by atoms with Crippen molar-refractivity contribution in [2.75, 3.05) is 0 Å². The van der Waals surface area contributed by atoms with Gasteiger partial charge in [0.1, 0.15) is 11.1 Å². The van der Waals surface area contributed by atoms with Gasteiger partial charge in [-0.15, -0.1) is 0 Å². The number of aromatic hydroxyl groups is 2. The zero-order chi connectivity index (χ0) is 23.9. The van der Waals surface area contributed by atoms with Crippen LogP contribution < -0.4 is 0 Å². The topological polar surface area (TPSA) is 104 Å². The number of nitrogens with zero attached hydrogens (tertiary/aromatic N) is 3. The van der Waals surface area contributed by atoms with E-state index in [2.05, 4.69) is 11.1 Å². The molecule has 0 saturated carbocycles. The summed E-state index contributed by atoms with van der Waals surface area (Å²) in [4.78, 5) is 4.63. The minimum atomic E-state index is -0.861. The van der Waals surface area contributed by atoms with Crippen molar-refractivity contribution in [2.45, 2.75) is 37.4 Å². The highest BCUT2D eigenvalue weighted by Gasteiger charge is 2.62. The first-order valence-corrected chi connectivity index (χ1v) is 11.6. The first-order chi connectivity index (χ1) is 16.9. The van der Waals surface area contributed by atoms with E-state index in [9.17, 15) is 15.5 Å². The molecule has 2 aliphatic heterocycles. The van der Waals surface area contributed by atoms with Crippen LogP contribution in [0.15, 0.2) is 65.1 Å². The molecule has 2 bridgehead atoms. The summed E-state index contributed by atoms with van der Waals surface area (Å²) in [5, 5.41) is 34.1. The van der Waals surface area contributed by atoms with Gasteiger partial charge in [-0.2, -0.15) is 5.26 Å². The first-order valence-electron chi connectivity index (χ1n) is 11.6. The Hall–Kier alpha value is -4.28. The summed E-state index contributed by atoms with van der Waals surface area (Å²) in [7, 11) is 0. The molecule has 0 amide bonds. The van der Waals surface area contributed by atoms with Crippen LogP contribution >= 0.6 is 0 Å². The third-order valence-electron chi connectivity index (χ3n) is 7.57. The van der Waals surface area contributed by atoms with Gasteiger partial charge in [-0.1, -0.05) is 36.4 Å². The lowest BCUT2D eigenvalue weighted by molar-refractivity contribution is -0.0811. The number of fused-ring (bicyclic) bond motifs is 7. The van der Waals surface area contributed by atoms with Gasteiger partial charge in [0.25, 0.3) is 0 Å². The molecule has 0 radical (unpaired) electrons. The highest BCUT2D eigenvalue weighted by atomic mass is 16.5. The molecule has 4 heterocycles. The van der Waals surface area contributed by atoms with Crippen LogP contribution in [-0.2, 0) is 22.4 Å². The quantitative estimate of drug-likeness (QED) is 0.364. The van der Waals surface area contributed by atoms with Gasteiger partial charge in [0, 0.05) is 10.8 Å². The summed E-state index contributed by atoms with van der Waals surface area (Å²) in [6.45, 7) is 1.95. The number of hydrogen-bond acceptors (Lipinski definition) is 6. The van der Waals surface area contributed by atoms with Crippen LogP contribution in [0.25, 0.3) is 27.6 Å². The molecule has 1 saturated heterocycles. The van der Waals surface area contributed by atoms with E-state index < -0.39 is 11.2 Å². The standard InChI is InChI=1S/C28H21N3O4/c1-27-12-13-28(35-27,14-22-30-19-8-4-5-9-21(19)34-22)24-23(27)25(32)31(26(24)33)20-11-10-16(15-29)17-6-2-3-7-18(17)20/h2-11,32-33H,12-14H2,1H3/t27-,28-/m1/s1. The summed E-state index contributed by atoms with van der Waals surface area (Å²) >= 11 is 0. The zero-order valence-electron chi connectivity index (χ0n) is 18.9. The zero-order valence-corrected chi connectivity index (χ0v) is 18.9. The van der Waals surface area contributed by atoms with Crippen LogP contribution in [0.1, 0.15) is 42.3 Å². The van der Waals surface area contributed by atoms with E-state index in [0.29, 0.717) is 53.1 Å². The molecule has 2 aromatic heterocycles. The monoisotopic (exact) mass is 463 g/mol. The maximum atomic E-state index is 11.6. The van der Waals surface area contributed by atoms with Crippen molar-refractivity contribution in [3.63, 3.8) is 0 Å². The third kappa shape index (κ3) is 2.55. The number of oxazole rings is 1. The van der Waals surface area contributed by atoms with Crippen LogP contribution in [0.4, 0.5) is 0 Å². The Morgan fingerprint density at radius 1 is 0.971 bits per heavy atom. The summed E-state index contributed by atoms with van der Waals surface area (Å²) in [6.07, 6.45) is 1.71. The number of rotatable bonds is 3. The van der Waals surface area contributed by atoms with Crippen LogP contribution in [0.3, 0.4) is 0 Å². The molecule has 35 heavy (non-hydrogen) atoms. The van der Waals surface area contributed by atoms with Crippen LogP contribution in [0, 0.1) is 11.3 Å². The second-order valence-corrected chi connectivity index (χ2v) is 9.60. The van der Waals surface area contributed by atoms with Gasteiger partial charge in [0.05, 0.1) is 40.5 Å². The Labute approximate surface area is 200 Å². The number of hydrogen-bond donors (Lipinski definition) is 2. The molecular formula is C28H21N3O4. The lowest BCUT2D eigenvalue weighted by Crippen LogP contribution is -2.26. The maximum Gasteiger partial charge on any atom is 0.205 e. The van der Waals surface area contributed by atoms with E-state index in [1.54, 1.807) is 12.1 Å². The predicted octanol–water partition coefficient (Wildman–Crippen LogP) is 5.53. The van der Waals surface area contributed by atoms with Crippen LogP contribution in [0.2, 0.25) is 0 Å². The molecule has 0 aliphatic carbocycles. The second kappa shape index (κ2) is 6.65. The van der Waals surface area contributed by atoms with Gasteiger partial charge in [0.2, 0.25) is 11.8 Å². The lowest BCUT2D eigenvalue weighted by atomic mass is 9.78. The molecule has 2 atom stereocenters. The number of nitriles is 1. The van der Waals surface area contributed by atoms with E-state index in [-0.39, 0.29) is 11.8 Å². The average Bonchev–Trinajstić information content (AvgIpc) is 3.56. The van der Waals surface area contributed by atoms with E-state index >= 15 is 0 Å². The fraction of sp³-hybridized carbons (Fsp3) is 0.214. The molecule has 1 fully saturated rings. The van der Waals surface area contributed by atoms with Crippen LogP contribution in [0.5, 0.6) is 11.8 Å². The van der Waals surface area contributed by atoms with Gasteiger partial charge < -0.3 is 19.4 Å². The maximum absolute atomic E-state index is 11.6. The predicted molar refractivity (Wildman–Crippen MR) is 128 cm³/mol. The van der Waals surface area contributed by atoms with E-state index in [1.807, 2.05) is 55.5 Å². The molecule has 7 rings (SSSR count). The second-order valence-electron chi connectivity index (χ2n) is 9.60. The van der Waals surface area contributed by atoms with Gasteiger partial charge in [0.15, 0.2) is 11.5 Å². The Bertz CT molecular complexity index is 1690. The molecule has 2 aliphatic rings. The van der Waals surface area contributed by atoms with E-state index in [4.69, 9.17) is 9.15 Å². The number of benzene rings is 3. The Morgan fingerprint density at radius 3 is 2.51 bits per heavy atom. The Morgan fingerprint density at radius 2 is 1.71 bits per heavy atom. The van der Waals surface area contributed by atoms with Crippen molar-refractivity contribution < 1.29 is 19.4 Å². The first kappa shape index (κ1) is 20.1. The van der Waals surface area contributed by atoms with Gasteiger partial charge in [-0.3, -0.25) is 4.57 Å². The highest BCUT2D eigenvalue weighted by Crippen LogP contribution is 2.65. The molecule has 7 heteroatoms. The van der Waals surface area contributed by atoms with Crippen molar-refractivity contribution in [3.8, 4) is 23.5 Å². The number of para-hydroxylation sites is 2. The fourth-order valence-electron chi connectivity index (χ4n) is 6.06. The summed E-state index contributed by atoms with van der Waals surface area (Å²) in [5.74, 6) is 0.416. The van der Waals surface area contributed by atoms with Crippen molar-refractivity contribution in [1.82, 2.24) is 9.55 Å². The van der Waals surface area contributed by atoms with Crippen molar-refractivity contribution in [2.24, 2.45) is 0 Å². The third-order valence-corrected chi connectivity index (χ3v) is 7.57. The molecule has 172 valence electrons.